The van der Waals surface area contributed by atoms with Crippen LogP contribution in [0.2, 0.25) is 0 Å². The lowest BCUT2D eigenvalue weighted by atomic mass is 9.85. The van der Waals surface area contributed by atoms with Crippen LogP contribution >= 0.6 is 0 Å². The van der Waals surface area contributed by atoms with Gasteiger partial charge >= 0.3 is 0 Å². The number of aromatic nitrogens is 5. The van der Waals surface area contributed by atoms with Gasteiger partial charge in [-0.05, 0) is 55.2 Å². The van der Waals surface area contributed by atoms with Crippen LogP contribution in [0.15, 0.2) is 65.8 Å². The first-order chi connectivity index (χ1) is 14.7. The molecule has 0 saturated heterocycles. The van der Waals surface area contributed by atoms with Gasteiger partial charge in [0, 0.05) is 41.8 Å². The van der Waals surface area contributed by atoms with E-state index in [2.05, 4.69) is 22.3 Å². The van der Waals surface area contributed by atoms with Crippen LogP contribution in [-0.4, -0.2) is 24.3 Å². The molecule has 0 amide bonds. The zero-order valence-corrected chi connectivity index (χ0v) is 16.9. The fraction of sp³-hybridized carbons (Fsp3) is 0.304. The van der Waals surface area contributed by atoms with Crippen LogP contribution < -0.4 is 10.9 Å². The largest absolute Gasteiger partial charge is 0.324 e. The van der Waals surface area contributed by atoms with Gasteiger partial charge in [-0.2, -0.15) is 10.1 Å². The van der Waals surface area contributed by atoms with Crippen LogP contribution in [0.1, 0.15) is 38.6 Å². The Balaban J connectivity index is 1.48. The molecule has 30 heavy (non-hydrogen) atoms. The van der Waals surface area contributed by atoms with Gasteiger partial charge in [-0.3, -0.25) is 9.36 Å². The second-order valence-corrected chi connectivity index (χ2v) is 7.97. The highest BCUT2D eigenvalue weighted by molar-refractivity contribution is 5.76. The summed E-state index contributed by atoms with van der Waals surface area (Å²) in [4.78, 5) is 22.0. The molecule has 0 bridgehead atoms. The third-order valence-electron chi connectivity index (χ3n) is 5.96. The minimum Gasteiger partial charge on any atom is -0.324 e. The van der Waals surface area contributed by atoms with Crippen molar-refractivity contribution in [2.45, 2.75) is 38.6 Å². The molecule has 1 N–H and O–H groups in total. The molecule has 7 nitrogen and oxygen atoms in total. The predicted octanol–water partition coefficient (Wildman–Crippen LogP) is 4.47. The average molecular weight is 400 g/mol. The summed E-state index contributed by atoms with van der Waals surface area (Å²) in [6.45, 7) is 2.23. The molecule has 152 valence electrons. The number of anilines is 2. The van der Waals surface area contributed by atoms with E-state index < -0.39 is 0 Å². The maximum Gasteiger partial charge on any atom is 0.252 e. The van der Waals surface area contributed by atoms with E-state index in [9.17, 15) is 4.79 Å². The lowest BCUT2D eigenvalue weighted by Gasteiger charge is -2.31. The van der Waals surface area contributed by atoms with E-state index in [1.807, 2.05) is 47.2 Å². The number of hydrogen-bond donors (Lipinski definition) is 1. The Labute approximate surface area is 174 Å². The van der Waals surface area contributed by atoms with E-state index in [0.29, 0.717) is 17.5 Å². The summed E-state index contributed by atoms with van der Waals surface area (Å²) >= 11 is 0. The summed E-state index contributed by atoms with van der Waals surface area (Å²) < 4.78 is 3.69. The zero-order chi connectivity index (χ0) is 20.5. The summed E-state index contributed by atoms with van der Waals surface area (Å²) in [6, 6.07) is 13.4. The molecule has 7 heteroatoms. The highest BCUT2D eigenvalue weighted by atomic mass is 16.1. The Kier molecular flexibility index (Phi) is 4.78. The van der Waals surface area contributed by atoms with E-state index in [4.69, 9.17) is 4.98 Å². The van der Waals surface area contributed by atoms with Crippen LogP contribution in [-0.2, 0) is 0 Å². The predicted molar refractivity (Wildman–Crippen MR) is 117 cm³/mol. The topological polar surface area (TPSA) is 77.6 Å². The van der Waals surface area contributed by atoms with Crippen molar-refractivity contribution in [1.29, 1.82) is 0 Å². The molecule has 1 saturated carbocycles. The summed E-state index contributed by atoms with van der Waals surface area (Å²) in [6.07, 6.45) is 9.98. The first-order valence-electron chi connectivity index (χ1n) is 10.4. The lowest BCUT2D eigenvalue weighted by molar-refractivity contribution is 0.257. The van der Waals surface area contributed by atoms with Gasteiger partial charge in [-0.25, -0.2) is 9.67 Å². The quantitative estimate of drug-likeness (QED) is 0.547. The fourth-order valence-corrected chi connectivity index (χ4v) is 4.35. The van der Waals surface area contributed by atoms with Crippen molar-refractivity contribution < 1.29 is 0 Å². The van der Waals surface area contributed by atoms with E-state index >= 15 is 0 Å². The number of benzene rings is 1. The van der Waals surface area contributed by atoms with E-state index in [1.54, 1.807) is 23.1 Å². The lowest BCUT2D eigenvalue weighted by Crippen LogP contribution is -2.31. The van der Waals surface area contributed by atoms with E-state index in [0.717, 1.165) is 36.0 Å². The molecule has 1 aromatic carbocycles. The summed E-state index contributed by atoms with van der Waals surface area (Å²) in [5, 5.41) is 8.39. The highest BCUT2D eigenvalue weighted by Crippen LogP contribution is 2.34. The normalized spacial score (nSPS) is 19.1. The molecule has 1 aliphatic carbocycles. The van der Waals surface area contributed by atoms with Gasteiger partial charge in [0.2, 0.25) is 5.95 Å². The molecule has 3 heterocycles. The smallest absolute Gasteiger partial charge is 0.252 e. The van der Waals surface area contributed by atoms with Crippen molar-refractivity contribution >= 4 is 22.7 Å². The Morgan fingerprint density at radius 2 is 1.90 bits per heavy atom. The van der Waals surface area contributed by atoms with Crippen molar-refractivity contribution in [3.05, 3.63) is 71.4 Å². The maximum atomic E-state index is 12.8. The van der Waals surface area contributed by atoms with E-state index in [1.165, 1.54) is 6.42 Å². The molecule has 1 fully saturated rings. The molecule has 1 aliphatic rings. The molecule has 3 aromatic heterocycles. The molecular formula is C23H24N6O. The molecule has 0 aliphatic heterocycles. The monoisotopic (exact) mass is 400 g/mol. The molecule has 2 unspecified atom stereocenters. The Morgan fingerprint density at radius 3 is 2.67 bits per heavy atom. The van der Waals surface area contributed by atoms with Gasteiger partial charge in [0.25, 0.3) is 5.56 Å². The van der Waals surface area contributed by atoms with Gasteiger partial charge in [-0.1, -0.05) is 19.8 Å². The van der Waals surface area contributed by atoms with Crippen LogP contribution in [0.5, 0.6) is 0 Å². The van der Waals surface area contributed by atoms with Crippen LogP contribution in [0.25, 0.3) is 16.7 Å². The third-order valence-corrected chi connectivity index (χ3v) is 5.96. The third kappa shape index (κ3) is 3.47. The second kappa shape index (κ2) is 7.74. The van der Waals surface area contributed by atoms with Crippen LogP contribution in [0.3, 0.4) is 0 Å². The Hall–Kier alpha value is -3.48. The average Bonchev–Trinajstić information content (AvgIpc) is 3.30. The first kappa shape index (κ1) is 18.5. The van der Waals surface area contributed by atoms with Crippen molar-refractivity contribution in [2.75, 3.05) is 5.32 Å². The summed E-state index contributed by atoms with van der Waals surface area (Å²) in [5.74, 6) is 0.945. The molecular weight excluding hydrogens is 376 g/mol. The number of pyridine rings is 1. The van der Waals surface area contributed by atoms with Gasteiger partial charge in [0.1, 0.15) is 5.65 Å². The number of rotatable bonds is 4. The Morgan fingerprint density at radius 1 is 1.07 bits per heavy atom. The minimum atomic E-state index is 0.00877. The van der Waals surface area contributed by atoms with Crippen molar-refractivity contribution in [3.8, 4) is 5.69 Å². The molecule has 4 aromatic rings. The number of fused-ring (bicyclic) bond motifs is 1. The molecule has 0 radical (unpaired) electrons. The molecule has 5 rings (SSSR count). The fourth-order valence-electron chi connectivity index (χ4n) is 4.35. The number of nitrogens with zero attached hydrogens (tertiary/aromatic N) is 5. The maximum absolute atomic E-state index is 12.8. The zero-order valence-electron chi connectivity index (χ0n) is 16.9. The number of hydrogen-bond acceptors (Lipinski definition) is 5. The molecule has 0 spiro atoms. The van der Waals surface area contributed by atoms with Gasteiger partial charge in [0.05, 0.1) is 5.69 Å². The van der Waals surface area contributed by atoms with Crippen molar-refractivity contribution in [2.24, 2.45) is 5.92 Å². The minimum absolute atomic E-state index is 0.00877. The summed E-state index contributed by atoms with van der Waals surface area (Å²) in [5.41, 5.74) is 2.56. The SMILES string of the molecule is CC1CCCCC1n1c(=O)ccc2cnc(Nc3ccc(-n4cccn4)cc3)nc21. The van der Waals surface area contributed by atoms with Gasteiger partial charge < -0.3 is 5.32 Å². The van der Waals surface area contributed by atoms with Crippen molar-refractivity contribution in [3.63, 3.8) is 0 Å². The highest BCUT2D eigenvalue weighted by Gasteiger charge is 2.25. The second-order valence-electron chi connectivity index (χ2n) is 7.97. The standard InChI is InChI=1S/C23H24N6O/c1-16-5-2-3-6-20(16)29-21(30)12-7-17-15-24-23(27-22(17)29)26-18-8-10-19(11-9-18)28-14-4-13-25-28/h4,7-16,20H,2-3,5-6H2,1H3,(H,24,26,27). The van der Waals surface area contributed by atoms with Crippen molar-refractivity contribution in [1.82, 2.24) is 24.3 Å². The van der Waals surface area contributed by atoms with Gasteiger partial charge in [0.15, 0.2) is 0 Å². The first-order valence-corrected chi connectivity index (χ1v) is 10.4. The van der Waals surface area contributed by atoms with E-state index in [-0.39, 0.29) is 11.6 Å². The van der Waals surface area contributed by atoms with Crippen LogP contribution in [0, 0.1) is 5.92 Å². The molecule has 2 atom stereocenters. The summed E-state index contributed by atoms with van der Waals surface area (Å²) in [7, 11) is 0. The van der Waals surface area contributed by atoms with Gasteiger partial charge in [-0.15, -0.1) is 0 Å². The van der Waals surface area contributed by atoms with Crippen LogP contribution in [0.4, 0.5) is 11.6 Å². The Bertz CT molecular complexity index is 1210. The number of nitrogens with one attached hydrogen (secondary N) is 1.